The second-order valence-corrected chi connectivity index (χ2v) is 13.1. The summed E-state index contributed by atoms with van der Waals surface area (Å²) in [4.78, 5) is 0. The summed E-state index contributed by atoms with van der Waals surface area (Å²) in [5.74, 6) is 0. The van der Waals surface area contributed by atoms with Gasteiger partial charge in [0, 0.05) is 11.9 Å². The van der Waals surface area contributed by atoms with Crippen LogP contribution in [0.15, 0.2) is 60.7 Å². The molecule has 0 spiro atoms. The Kier molecular flexibility index (Phi) is 5.75. The largest absolute Gasteiger partial charge is 0.417 e. The molecule has 0 aliphatic heterocycles. The summed E-state index contributed by atoms with van der Waals surface area (Å²) in [6.45, 7) is 10.0. The monoisotopic (exact) mass is 316 g/mol. The lowest BCUT2D eigenvalue weighted by molar-refractivity contribution is 0.328. The summed E-state index contributed by atoms with van der Waals surface area (Å²) in [6.07, 6.45) is 0. The van der Waals surface area contributed by atoms with Crippen molar-refractivity contribution >= 4 is 26.8 Å². The van der Waals surface area contributed by atoms with Crippen molar-refractivity contribution in [2.45, 2.75) is 32.2 Å². The molecule has 2 aromatic carbocycles. The van der Waals surface area contributed by atoms with Crippen LogP contribution in [0, 0.1) is 0 Å². The highest BCUT2D eigenvalue weighted by molar-refractivity contribution is 7.75. The van der Waals surface area contributed by atoms with Gasteiger partial charge in [0.1, 0.15) is 0 Å². The lowest BCUT2D eigenvalue weighted by Crippen LogP contribution is -2.45. The predicted octanol–water partition coefficient (Wildman–Crippen LogP) is 4.29. The van der Waals surface area contributed by atoms with E-state index in [9.17, 15) is 0 Å². The van der Waals surface area contributed by atoms with Crippen LogP contribution in [0.5, 0.6) is 0 Å². The van der Waals surface area contributed by atoms with Gasteiger partial charge in [0.15, 0.2) is 8.32 Å². The van der Waals surface area contributed by atoms with Gasteiger partial charge in [-0.15, -0.1) is 0 Å². The molecule has 1 unspecified atom stereocenters. The predicted molar refractivity (Wildman–Crippen MR) is 97.6 cm³/mol. The molecule has 0 saturated heterocycles. The van der Waals surface area contributed by atoms with Crippen molar-refractivity contribution < 1.29 is 4.43 Å². The number of hydrogen-bond donors (Lipinski definition) is 0. The van der Waals surface area contributed by atoms with Crippen LogP contribution in [0.25, 0.3) is 0 Å². The highest BCUT2D eigenvalue weighted by Crippen LogP contribution is 2.43. The summed E-state index contributed by atoms with van der Waals surface area (Å²) in [5, 5.41) is 3.48. The zero-order valence-corrected chi connectivity index (χ0v) is 15.3. The van der Waals surface area contributed by atoms with E-state index in [0.29, 0.717) is 5.28 Å². The minimum Gasteiger partial charge on any atom is -0.417 e. The molecule has 1 atom stereocenters. The lowest BCUT2D eigenvalue weighted by Gasteiger charge is -2.36. The zero-order chi connectivity index (χ0) is 15.3. The Labute approximate surface area is 131 Å². The molecule has 3 heteroatoms. The Hall–Kier alpha value is -0.953. The first-order valence-electron chi connectivity index (χ1n) is 7.59. The van der Waals surface area contributed by atoms with Crippen molar-refractivity contribution in [2.24, 2.45) is 0 Å². The molecule has 21 heavy (non-hydrogen) atoms. The van der Waals surface area contributed by atoms with Crippen LogP contribution in [-0.2, 0) is 4.43 Å². The summed E-state index contributed by atoms with van der Waals surface area (Å²) < 4.78 is 6.17. The van der Waals surface area contributed by atoms with Crippen LogP contribution >= 0.6 is 7.92 Å². The van der Waals surface area contributed by atoms with Gasteiger partial charge in [-0.1, -0.05) is 67.6 Å². The van der Waals surface area contributed by atoms with Gasteiger partial charge in [-0.05, 0) is 38.5 Å². The van der Waals surface area contributed by atoms with Crippen LogP contribution in [0.1, 0.15) is 13.8 Å². The minimum atomic E-state index is -1.71. The lowest BCUT2D eigenvalue weighted by atomic mass is 10.4. The first-order chi connectivity index (χ1) is 10.1. The fourth-order valence-corrected chi connectivity index (χ4v) is 9.35. The van der Waals surface area contributed by atoms with Gasteiger partial charge in [-0.25, -0.2) is 0 Å². The molecule has 0 saturated carbocycles. The molecule has 0 fully saturated rings. The molecule has 0 bridgehead atoms. The SMILES string of the molecule is CCO[Si](C)(C)C(C)P(c1ccccc1)c1ccccc1. The van der Waals surface area contributed by atoms with Crippen LogP contribution < -0.4 is 10.6 Å². The van der Waals surface area contributed by atoms with E-state index in [4.69, 9.17) is 4.43 Å². The van der Waals surface area contributed by atoms with Gasteiger partial charge < -0.3 is 4.43 Å². The zero-order valence-electron chi connectivity index (χ0n) is 13.4. The summed E-state index contributed by atoms with van der Waals surface area (Å²) in [5.41, 5.74) is 0. The maximum Gasteiger partial charge on any atom is 0.194 e. The normalized spacial score (nSPS) is 13.4. The van der Waals surface area contributed by atoms with Crippen molar-refractivity contribution in [2.75, 3.05) is 6.61 Å². The van der Waals surface area contributed by atoms with E-state index in [1.54, 1.807) is 0 Å². The van der Waals surface area contributed by atoms with Crippen LogP contribution in [0.2, 0.25) is 13.1 Å². The molecule has 0 aromatic heterocycles. The molecule has 1 nitrogen and oxygen atoms in total. The van der Waals surface area contributed by atoms with Gasteiger partial charge >= 0.3 is 0 Å². The Bertz CT molecular complexity index is 502. The van der Waals surface area contributed by atoms with E-state index in [1.165, 1.54) is 10.6 Å². The quantitative estimate of drug-likeness (QED) is 0.571. The Morgan fingerprint density at radius 3 is 1.71 bits per heavy atom. The van der Waals surface area contributed by atoms with Crippen LogP contribution in [0.4, 0.5) is 0 Å². The minimum absolute atomic E-state index is 0.375. The molecule has 0 aliphatic carbocycles. The Balaban J connectivity index is 2.42. The maximum absolute atomic E-state index is 6.17. The molecule has 0 N–H and O–H groups in total. The van der Waals surface area contributed by atoms with Crippen molar-refractivity contribution in [3.63, 3.8) is 0 Å². The fourth-order valence-electron chi connectivity index (χ4n) is 2.58. The fraction of sp³-hybridized carbons (Fsp3) is 0.333. The highest BCUT2D eigenvalue weighted by atomic mass is 31.1. The summed E-state index contributed by atoms with van der Waals surface area (Å²) in [6, 6.07) is 21.9. The van der Waals surface area contributed by atoms with Gasteiger partial charge in [-0.2, -0.15) is 0 Å². The third-order valence-electron chi connectivity index (χ3n) is 3.98. The smallest absolute Gasteiger partial charge is 0.194 e. The van der Waals surface area contributed by atoms with Crippen LogP contribution in [0.3, 0.4) is 0 Å². The van der Waals surface area contributed by atoms with Crippen molar-refractivity contribution in [1.82, 2.24) is 0 Å². The number of hydrogen-bond acceptors (Lipinski definition) is 1. The summed E-state index contributed by atoms with van der Waals surface area (Å²) >= 11 is 0. The van der Waals surface area contributed by atoms with Gasteiger partial charge in [0.2, 0.25) is 0 Å². The maximum atomic E-state index is 6.17. The van der Waals surface area contributed by atoms with E-state index in [2.05, 4.69) is 87.6 Å². The van der Waals surface area contributed by atoms with E-state index in [1.807, 2.05) is 0 Å². The van der Waals surface area contributed by atoms with Crippen LogP contribution in [-0.4, -0.2) is 20.2 Å². The van der Waals surface area contributed by atoms with E-state index in [0.717, 1.165) is 6.61 Å². The average molecular weight is 316 g/mol. The molecule has 0 aliphatic rings. The molecule has 0 amide bonds. The average Bonchev–Trinajstić information content (AvgIpc) is 2.49. The Morgan fingerprint density at radius 1 is 0.905 bits per heavy atom. The van der Waals surface area contributed by atoms with Crippen molar-refractivity contribution in [3.8, 4) is 0 Å². The Morgan fingerprint density at radius 2 is 1.33 bits per heavy atom. The first-order valence-corrected chi connectivity index (χ1v) is 12.0. The molecular formula is C18H25OPSi. The second kappa shape index (κ2) is 7.35. The van der Waals surface area contributed by atoms with Crippen molar-refractivity contribution in [1.29, 1.82) is 0 Å². The van der Waals surface area contributed by atoms with Gasteiger partial charge in [-0.3, -0.25) is 0 Å². The number of benzene rings is 2. The van der Waals surface area contributed by atoms with Crippen molar-refractivity contribution in [3.05, 3.63) is 60.7 Å². The third-order valence-corrected chi connectivity index (χ3v) is 12.1. The van der Waals surface area contributed by atoms with E-state index in [-0.39, 0.29) is 7.92 Å². The number of rotatable bonds is 6. The third kappa shape index (κ3) is 4.03. The first kappa shape index (κ1) is 16.4. The summed E-state index contributed by atoms with van der Waals surface area (Å²) in [7, 11) is -2.08. The standard InChI is InChI=1S/C18H25OPSi/c1-5-19-21(3,4)16(2)20(17-12-8-6-9-13-17)18-14-10-7-11-15-18/h6-16H,5H2,1-4H3. The molecule has 0 heterocycles. The molecule has 2 rings (SSSR count). The highest BCUT2D eigenvalue weighted by Gasteiger charge is 2.36. The molecular weight excluding hydrogens is 291 g/mol. The topological polar surface area (TPSA) is 9.23 Å². The molecule has 0 radical (unpaired) electrons. The van der Waals surface area contributed by atoms with E-state index >= 15 is 0 Å². The van der Waals surface area contributed by atoms with Gasteiger partial charge in [0.05, 0.1) is 0 Å². The second-order valence-electron chi connectivity index (χ2n) is 5.75. The van der Waals surface area contributed by atoms with E-state index < -0.39 is 8.32 Å². The molecule has 2 aromatic rings. The van der Waals surface area contributed by atoms with Gasteiger partial charge in [0.25, 0.3) is 0 Å². The molecule has 112 valence electrons.